The van der Waals surface area contributed by atoms with E-state index in [-0.39, 0.29) is 30.8 Å². The molecule has 6 heteroatoms. The Morgan fingerprint density at radius 3 is 2.12 bits per heavy atom. The topological polar surface area (TPSA) is 68.2 Å². The maximum Gasteiger partial charge on any atom is 0.164 e. The second-order valence-electron chi connectivity index (χ2n) is 8.56. The molecule has 0 aliphatic carbocycles. The van der Waals surface area contributed by atoms with E-state index < -0.39 is 17.5 Å². The van der Waals surface area contributed by atoms with Gasteiger partial charge in [0.2, 0.25) is 0 Å². The summed E-state index contributed by atoms with van der Waals surface area (Å²) in [4.78, 5) is 0. The van der Waals surface area contributed by atoms with Gasteiger partial charge in [0, 0.05) is 5.92 Å². The first-order valence-corrected chi connectivity index (χ1v) is 9.22. The molecule has 5 nitrogen and oxygen atoms in total. The minimum Gasteiger partial charge on any atom is -0.393 e. The Morgan fingerprint density at radius 1 is 1.21 bits per heavy atom. The van der Waals surface area contributed by atoms with E-state index in [0.717, 1.165) is 12.7 Å². The summed E-state index contributed by atoms with van der Waals surface area (Å²) in [7, 11) is 2.10. The van der Waals surface area contributed by atoms with Crippen LogP contribution in [0.2, 0.25) is 6.32 Å². The van der Waals surface area contributed by atoms with Crippen LogP contribution in [0.4, 0.5) is 0 Å². The summed E-state index contributed by atoms with van der Waals surface area (Å²) in [5.41, 5.74) is -1.38. The van der Waals surface area contributed by atoms with E-state index in [9.17, 15) is 10.2 Å². The molecule has 0 spiro atoms. The highest BCUT2D eigenvalue weighted by molar-refractivity contribution is 6.08. The summed E-state index contributed by atoms with van der Waals surface area (Å²) in [6, 6.07) is 0. The quantitative estimate of drug-likeness (QED) is 0.657. The number of aliphatic hydroxyl groups is 2. The molecule has 4 atom stereocenters. The highest BCUT2D eigenvalue weighted by atomic mass is 16.8. The number of hydrogen-bond acceptors (Lipinski definition) is 5. The van der Waals surface area contributed by atoms with Crippen LogP contribution in [0.25, 0.3) is 0 Å². The van der Waals surface area contributed by atoms with Crippen LogP contribution in [-0.4, -0.2) is 60.5 Å². The Balaban J connectivity index is 3.27. The van der Waals surface area contributed by atoms with Crippen LogP contribution in [0.3, 0.4) is 0 Å². The molecule has 1 aliphatic heterocycles. The normalized spacial score (nSPS) is 27.0. The van der Waals surface area contributed by atoms with Crippen molar-refractivity contribution in [1.29, 1.82) is 0 Å². The molecule has 0 saturated carbocycles. The largest absolute Gasteiger partial charge is 0.393 e. The van der Waals surface area contributed by atoms with Crippen LogP contribution < -0.4 is 0 Å². The Bertz CT molecular complexity index is 389. The lowest BCUT2D eigenvalue weighted by Crippen LogP contribution is -2.55. The third-order valence-electron chi connectivity index (χ3n) is 4.90. The smallest absolute Gasteiger partial charge is 0.164 e. The molecule has 0 radical (unpaired) electrons. The van der Waals surface area contributed by atoms with Gasteiger partial charge in [-0.05, 0) is 40.5 Å². The van der Waals surface area contributed by atoms with E-state index in [1.54, 1.807) is 0 Å². The molecule has 2 N–H and O–H groups in total. The third-order valence-corrected chi connectivity index (χ3v) is 4.90. The summed E-state index contributed by atoms with van der Waals surface area (Å²) in [5, 5.41) is 20.0. The molecule has 0 aromatic carbocycles. The molecule has 1 rings (SSSR count). The number of aliphatic hydroxyl groups excluding tert-OH is 2. The maximum absolute atomic E-state index is 10.0. The fourth-order valence-electron chi connectivity index (χ4n) is 3.73. The zero-order valence-electron chi connectivity index (χ0n) is 16.8. The minimum atomic E-state index is -1.10. The molecular formula is C18H37BO5. The summed E-state index contributed by atoms with van der Waals surface area (Å²) in [6.45, 7) is 13.5. The predicted molar refractivity (Wildman–Crippen MR) is 97.9 cm³/mol. The lowest BCUT2D eigenvalue weighted by atomic mass is 9.73. The fraction of sp³-hybridized carbons (Fsp3) is 1.00. The van der Waals surface area contributed by atoms with Crippen molar-refractivity contribution in [2.24, 2.45) is 11.8 Å². The third kappa shape index (κ3) is 4.95. The second kappa shape index (κ2) is 8.04. The SMILES string of the molecule is BC[C@H](OC(C)(C)C)C(C(C)CC)[C@@H]1OC(C)(C)OC1(CO)CO. The number of ether oxygens (including phenoxy) is 3. The van der Waals surface area contributed by atoms with Crippen LogP contribution in [-0.2, 0) is 14.2 Å². The molecule has 0 bridgehead atoms. The van der Waals surface area contributed by atoms with Crippen molar-refractivity contribution >= 4 is 7.85 Å². The van der Waals surface area contributed by atoms with Crippen molar-refractivity contribution in [3.8, 4) is 0 Å². The molecule has 1 saturated heterocycles. The number of hydrogen-bond donors (Lipinski definition) is 2. The van der Waals surface area contributed by atoms with Gasteiger partial charge in [0.25, 0.3) is 0 Å². The first-order valence-electron chi connectivity index (χ1n) is 9.22. The molecule has 0 amide bonds. The predicted octanol–water partition coefficient (Wildman–Crippen LogP) is 1.76. The molecule has 0 aromatic rings. The van der Waals surface area contributed by atoms with Crippen LogP contribution in [0.5, 0.6) is 0 Å². The van der Waals surface area contributed by atoms with Gasteiger partial charge in [0.1, 0.15) is 19.6 Å². The van der Waals surface area contributed by atoms with Crippen molar-refractivity contribution in [3.63, 3.8) is 0 Å². The average molecular weight is 344 g/mol. The van der Waals surface area contributed by atoms with Gasteiger partial charge in [0.15, 0.2) is 5.79 Å². The molecule has 0 aromatic heterocycles. The van der Waals surface area contributed by atoms with Crippen molar-refractivity contribution in [2.45, 2.75) is 90.4 Å². The molecule has 1 heterocycles. The van der Waals surface area contributed by atoms with Gasteiger partial charge in [-0.2, -0.15) is 0 Å². The van der Waals surface area contributed by atoms with Crippen LogP contribution >= 0.6 is 0 Å². The molecule has 24 heavy (non-hydrogen) atoms. The first kappa shape index (κ1) is 21.9. The second-order valence-corrected chi connectivity index (χ2v) is 8.56. The van der Waals surface area contributed by atoms with E-state index in [2.05, 4.69) is 21.7 Å². The van der Waals surface area contributed by atoms with Gasteiger partial charge in [0.05, 0.1) is 24.9 Å². The van der Waals surface area contributed by atoms with Crippen LogP contribution in [0.15, 0.2) is 0 Å². The zero-order valence-corrected chi connectivity index (χ0v) is 16.8. The Kier molecular flexibility index (Phi) is 7.34. The van der Waals surface area contributed by atoms with Crippen molar-refractivity contribution in [3.05, 3.63) is 0 Å². The van der Waals surface area contributed by atoms with Gasteiger partial charge in [-0.3, -0.25) is 0 Å². The van der Waals surface area contributed by atoms with E-state index >= 15 is 0 Å². The summed E-state index contributed by atoms with van der Waals surface area (Å²) >= 11 is 0. The number of rotatable bonds is 8. The maximum atomic E-state index is 10.0. The molecule has 2 unspecified atom stereocenters. The first-order chi connectivity index (χ1) is 10.9. The zero-order chi connectivity index (χ0) is 18.8. The average Bonchev–Trinajstić information content (AvgIpc) is 2.76. The monoisotopic (exact) mass is 344 g/mol. The fourth-order valence-corrected chi connectivity index (χ4v) is 3.73. The van der Waals surface area contributed by atoms with Gasteiger partial charge >= 0.3 is 0 Å². The van der Waals surface area contributed by atoms with Gasteiger partial charge in [-0.1, -0.05) is 26.6 Å². The van der Waals surface area contributed by atoms with Crippen molar-refractivity contribution in [1.82, 2.24) is 0 Å². The lowest BCUT2D eigenvalue weighted by Gasteiger charge is -2.42. The molecule has 1 fully saturated rings. The highest BCUT2D eigenvalue weighted by Gasteiger charge is 2.57. The summed E-state index contributed by atoms with van der Waals surface area (Å²) in [6.07, 6.45) is 1.33. The van der Waals surface area contributed by atoms with Gasteiger partial charge in [-0.25, -0.2) is 0 Å². The van der Waals surface area contributed by atoms with Crippen LogP contribution in [0.1, 0.15) is 54.9 Å². The van der Waals surface area contributed by atoms with Crippen LogP contribution in [0, 0.1) is 11.8 Å². The Morgan fingerprint density at radius 2 is 1.75 bits per heavy atom. The molecule has 142 valence electrons. The van der Waals surface area contributed by atoms with Crippen molar-refractivity contribution < 1.29 is 24.4 Å². The minimum absolute atomic E-state index is 0.0142. The Hall–Kier alpha value is -0.135. The summed E-state index contributed by atoms with van der Waals surface area (Å²) in [5.74, 6) is -0.528. The highest BCUT2D eigenvalue weighted by Crippen LogP contribution is 2.44. The molecular weight excluding hydrogens is 307 g/mol. The Labute approximate surface area is 148 Å². The molecule has 1 aliphatic rings. The van der Waals surface area contributed by atoms with E-state index in [1.165, 1.54) is 0 Å². The standard InChI is InChI=1S/C18H37BO5/c1-8-12(2)14(13(9-19)22-16(3,4)5)15-18(10-20,11-21)24-17(6,7)23-15/h12-15,20-21H,8-11,19H2,1-7H3/t12?,13-,14?,15-/m0/s1. The van der Waals surface area contributed by atoms with E-state index in [4.69, 9.17) is 14.2 Å². The van der Waals surface area contributed by atoms with E-state index in [1.807, 2.05) is 34.6 Å². The van der Waals surface area contributed by atoms with Crippen molar-refractivity contribution in [2.75, 3.05) is 13.2 Å². The van der Waals surface area contributed by atoms with Gasteiger partial charge in [-0.15, -0.1) is 0 Å². The van der Waals surface area contributed by atoms with E-state index in [0.29, 0.717) is 5.92 Å². The van der Waals surface area contributed by atoms with Gasteiger partial charge < -0.3 is 24.4 Å². The summed E-state index contributed by atoms with van der Waals surface area (Å²) < 4.78 is 18.5. The lowest BCUT2D eigenvalue weighted by molar-refractivity contribution is -0.179.